The molecule has 2 N–H and O–H groups in total. The number of fused-ring (bicyclic) bond motifs is 1. The summed E-state index contributed by atoms with van der Waals surface area (Å²) in [5.41, 5.74) is 0.859. The van der Waals surface area contributed by atoms with Crippen LogP contribution in [0.5, 0.6) is 0 Å². The van der Waals surface area contributed by atoms with Gasteiger partial charge in [0.05, 0.1) is 42.2 Å². The van der Waals surface area contributed by atoms with Crippen molar-refractivity contribution in [3.05, 3.63) is 65.2 Å². The molecule has 0 spiro atoms. The molecule has 2 heterocycles. The van der Waals surface area contributed by atoms with Gasteiger partial charge in [0, 0.05) is 19.4 Å². The zero-order valence-corrected chi connectivity index (χ0v) is 23.1. The van der Waals surface area contributed by atoms with Crippen molar-refractivity contribution >= 4 is 41.2 Å². The third-order valence-corrected chi connectivity index (χ3v) is 6.78. The molecule has 5 amide bonds. The number of anilines is 1. The fraction of sp³-hybridized carbons (Fsp3) is 0.400. The molecule has 0 aliphatic carbocycles. The smallest absolute Gasteiger partial charge is 0.338 e. The summed E-state index contributed by atoms with van der Waals surface area (Å²) in [6, 6.07) is 12.2. The van der Waals surface area contributed by atoms with Gasteiger partial charge in [-0.2, -0.15) is 0 Å². The van der Waals surface area contributed by atoms with E-state index in [0.29, 0.717) is 31.8 Å². The summed E-state index contributed by atoms with van der Waals surface area (Å²) < 4.78 is 16.0. The first-order valence-corrected chi connectivity index (χ1v) is 13.9. The maximum absolute atomic E-state index is 13.1. The van der Waals surface area contributed by atoms with Crippen LogP contribution in [0.25, 0.3) is 0 Å². The third kappa shape index (κ3) is 7.86. The van der Waals surface area contributed by atoms with Crippen LogP contribution < -0.4 is 10.6 Å². The summed E-state index contributed by atoms with van der Waals surface area (Å²) in [7, 11) is 0. The fourth-order valence-electron chi connectivity index (χ4n) is 4.67. The predicted molar refractivity (Wildman–Crippen MR) is 149 cm³/mol. The van der Waals surface area contributed by atoms with Crippen molar-refractivity contribution in [1.29, 1.82) is 0 Å². The van der Waals surface area contributed by atoms with Crippen molar-refractivity contribution in [2.24, 2.45) is 0 Å². The Morgan fingerprint density at radius 2 is 1.57 bits per heavy atom. The molecule has 2 aromatic rings. The van der Waals surface area contributed by atoms with Gasteiger partial charge in [0.2, 0.25) is 17.7 Å². The minimum absolute atomic E-state index is 0.0282. The first-order valence-electron chi connectivity index (χ1n) is 13.9. The van der Waals surface area contributed by atoms with Crippen molar-refractivity contribution in [2.75, 3.05) is 38.4 Å². The number of imide groups is 2. The highest BCUT2D eigenvalue weighted by Crippen LogP contribution is 2.32. The second-order valence-electron chi connectivity index (χ2n) is 9.76. The molecule has 2 aliphatic rings. The number of hydrogen-bond donors (Lipinski definition) is 2. The Hall–Kier alpha value is -4.42. The van der Waals surface area contributed by atoms with E-state index in [9.17, 15) is 28.8 Å². The Labute approximate surface area is 242 Å². The maximum atomic E-state index is 13.1. The summed E-state index contributed by atoms with van der Waals surface area (Å²) in [6.45, 7) is 1.71. The van der Waals surface area contributed by atoms with Gasteiger partial charge in [-0.15, -0.1) is 0 Å². The van der Waals surface area contributed by atoms with Crippen molar-refractivity contribution in [2.45, 2.75) is 44.6 Å². The number of nitrogens with zero attached hydrogens (tertiary/aromatic N) is 1. The van der Waals surface area contributed by atoms with Crippen molar-refractivity contribution in [3.8, 4) is 0 Å². The van der Waals surface area contributed by atoms with E-state index < -0.39 is 35.6 Å². The van der Waals surface area contributed by atoms with Gasteiger partial charge in [-0.05, 0) is 43.5 Å². The van der Waals surface area contributed by atoms with Gasteiger partial charge in [-0.3, -0.25) is 34.2 Å². The normalized spacial score (nSPS) is 16.3. The van der Waals surface area contributed by atoms with E-state index in [1.807, 2.05) is 6.07 Å². The molecule has 222 valence electrons. The highest BCUT2D eigenvalue weighted by molar-refractivity contribution is 6.26. The van der Waals surface area contributed by atoms with Crippen LogP contribution in [-0.2, 0) is 28.6 Å². The number of rotatable bonds is 15. The average Bonchev–Trinajstić information content (AvgIpc) is 3.24. The van der Waals surface area contributed by atoms with E-state index in [2.05, 4.69) is 10.6 Å². The predicted octanol–water partition coefficient (Wildman–Crippen LogP) is 2.48. The fourth-order valence-corrected chi connectivity index (χ4v) is 4.67. The summed E-state index contributed by atoms with van der Waals surface area (Å²) >= 11 is 0. The molecule has 12 nitrogen and oxygen atoms in total. The topological polar surface area (TPSA) is 157 Å². The SMILES string of the molecule is O=C1CCC(N2C(=O)c3cccc(NC(=O)CCCCCOCCOCCOC(=O)c4ccccc4)c3C2=O)C(=O)N1. The van der Waals surface area contributed by atoms with E-state index in [1.54, 1.807) is 36.4 Å². The number of hydrogen-bond acceptors (Lipinski definition) is 9. The standard InChI is InChI=1S/C30H33N3O9/c34-24(12-5-2-6-15-40-16-17-41-18-19-42-30(39)20-8-3-1-4-9-20)31-22-11-7-10-21-26(22)29(38)33(28(21)37)23-13-14-25(35)32-27(23)36/h1,3-4,7-11,23H,2,5-6,12-19H2,(H,31,34)(H,32,35,36). The zero-order valence-electron chi connectivity index (χ0n) is 23.1. The molecule has 1 unspecified atom stereocenters. The summed E-state index contributed by atoms with van der Waals surface area (Å²) in [5.74, 6) is -3.13. The molecule has 42 heavy (non-hydrogen) atoms. The summed E-state index contributed by atoms with van der Waals surface area (Å²) in [6.07, 6.45) is 2.39. The molecule has 12 heteroatoms. The van der Waals surface area contributed by atoms with Gasteiger partial charge in [0.25, 0.3) is 11.8 Å². The van der Waals surface area contributed by atoms with Crippen molar-refractivity contribution < 1.29 is 43.0 Å². The average molecular weight is 580 g/mol. The monoisotopic (exact) mass is 579 g/mol. The number of amides is 5. The Bertz CT molecular complexity index is 1330. The number of piperidine rings is 1. The second-order valence-corrected chi connectivity index (χ2v) is 9.76. The lowest BCUT2D eigenvalue weighted by molar-refractivity contribution is -0.136. The molecule has 0 radical (unpaired) electrons. The first kappa shape index (κ1) is 30.5. The van der Waals surface area contributed by atoms with Crippen molar-refractivity contribution in [3.63, 3.8) is 0 Å². The van der Waals surface area contributed by atoms with Gasteiger partial charge < -0.3 is 19.5 Å². The van der Waals surface area contributed by atoms with Gasteiger partial charge >= 0.3 is 5.97 Å². The van der Waals surface area contributed by atoms with Gasteiger partial charge in [-0.25, -0.2) is 4.79 Å². The van der Waals surface area contributed by atoms with Crippen molar-refractivity contribution in [1.82, 2.24) is 10.2 Å². The summed E-state index contributed by atoms with van der Waals surface area (Å²) in [4.78, 5) is 75.0. The molecule has 1 fully saturated rings. The first-order chi connectivity index (χ1) is 20.4. The lowest BCUT2D eigenvalue weighted by Crippen LogP contribution is -2.54. The van der Waals surface area contributed by atoms with Gasteiger partial charge in [0.1, 0.15) is 12.6 Å². The quantitative estimate of drug-likeness (QED) is 0.184. The molecule has 0 bridgehead atoms. The highest BCUT2D eigenvalue weighted by atomic mass is 16.6. The Kier molecular flexibility index (Phi) is 10.9. The Morgan fingerprint density at radius 1 is 0.833 bits per heavy atom. The molecular weight excluding hydrogens is 546 g/mol. The van der Waals surface area contributed by atoms with Crippen LogP contribution >= 0.6 is 0 Å². The maximum Gasteiger partial charge on any atom is 0.338 e. The van der Waals surface area contributed by atoms with Crippen LogP contribution in [0.1, 0.15) is 69.6 Å². The third-order valence-electron chi connectivity index (χ3n) is 6.78. The zero-order chi connectivity index (χ0) is 29.9. The van der Waals surface area contributed by atoms with E-state index in [1.165, 1.54) is 6.07 Å². The van der Waals surface area contributed by atoms with Crippen LogP contribution in [-0.4, -0.2) is 79.5 Å². The van der Waals surface area contributed by atoms with Crippen LogP contribution in [0.2, 0.25) is 0 Å². The van der Waals surface area contributed by atoms with Crippen LogP contribution in [0, 0.1) is 0 Å². The molecule has 2 aliphatic heterocycles. The number of nitrogens with one attached hydrogen (secondary N) is 2. The Balaban J connectivity index is 1.08. The highest BCUT2D eigenvalue weighted by Gasteiger charge is 2.45. The molecule has 2 aromatic carbocycles. The number of carbonyl (C=O) groups excluding carboxylic acids is 6. The molecule has 1 atom stereocenters. The minimum atomic E-state index is -1.07. The van der Waals surface area contributed by atoms with Gasteiger partial charge in [0.15, 0.2) is 0 Å². The van der Waals surface area contributed by atoms with Crippen LogP contribution in [0.3, 0.4) is 0 Å². The van der Waals surface area contributed by atoms with Gasteiger partial charge in [-0.1, -0.05) is 30.7 Å². The molecular formula is C30H33N3O9. The van der Waals surface area contributed by atoms with E-state index in [-0.39, 0.29) is 55.2 Å². The number of carbonyl (C=O) groups is 6. The number of benzene rings is 2. The number of ether oxygens (including phenoxy) is 3. The number of unbranched alkanes of at least 4 members (excludes halogenated alkanes) is 2. The molecule has 1 saturated heterocycles. The molecule has 0 aromatic heterocycles. The van der Waals surface area contributed by atoms with Crippen LogP contribution in [0.4, 0.5) is 5.69 Å². The van der Waals surface area contributed by atoms with Crippen LogP contribution in [0.15, 0.2) is 48.5 Å². The van der Waals surface area contributed by atoms with E-state index in [4.69, 9.17) is 14.2 Å². The lowest BCUT2D eigenvalue weighted by atomic mass is 10.0. The largest absolute Gasteiger partial charge is 0.460 e. The summed E-state index contributed by atoms with van der Waals surface area (Å²) in [5, 5.41) is 4.87. The number of esters is 1. The molecule has 4 rings (SSSR count). The minimum Gasteiger partial charge on any atom is -0.460 e. The second kappa shape index (κ2) is 15.0. The van der Waals surface area contributed by atoms with E-state index in [0.717, 1.165) is 17.7 Å². The lowest BCUT2D eigenvalue weighted by Gasteiger charge is -2.27. The van der Waals surface area contributed by atoms with E-state index >= 15 is 0 Å². The molecule has 0 saturated carbocycles. The Morgan fingerprint density at radius 3 is 2.33 bits per heavy atom.